The fraction of sp³-hybridized carbons (Fsp3) is 0.129. The SMILES string of the molecule is COc1ccc(-c2nc3ccc(C(=O)OCC(=O)Nc4cccc(C)n4)cc3nc2-c2ccc(OC)cc2)cc1. The number of hydrogen-bond acceptors (Lipinski definition) is 8. The van der Waals surface area contributed by atoms with E-state index < -0.39 is 18.5 Å². The summed E-state index contributed by atoms with van der Waals surface area (Å²) in [5.41, 5.74) is 5.12. The predicted molar refractivity (Wildman–Crippen MR) is 151 cm³/mol. The van der Waals surface area contributed by atoms with E-state index in [-0.39, 0.29) is 5.56 Å². The summed E-state index contributed by atoms with van der Waals surface area (Å²) >= 11 is 0. The summed E-state index contributed by atoms with van der Waals surface area (Å²) in [6, 6.07) is 25.3. The molecule has 0 spiro atoms. The molecule has 0 saturated carbocycles. The minimum atomic E-state index is -0.652. The second-order valence-corrected chi connectivity index (χ2v) is 8.87. The van der Waals surface area contributed by atoms with Crippen LogP contribution in [0.15, 0.2) is 84.9 Å². The standard InChI is InChI=1S/C31H26N4O5/c1-19-5-4-6-27(32-19)35-28(36)18-40-31(37)22-11-16-25-26(17-22)34-30(21-9-14-24(39-3)15-10-21)29(33-25)20-7-12-23(38-2)13-8-20/h4-17H,18H2,1-3H3,(H,32,35,36). The Morgan fingerprint density at radius 3 is 1.90 bits per heavy atom. The van der Waals surface area contributed by atoms with Gasteiger partial charge >= 0.3 is 5.97 Å². The average molecular weight is 535 g/mol. The number of ether oxygens (including phenoxy) is 3. The lowest BCUT2D eigenvalue weighted by Gasteiger charge is -2.12. The van der Waals surface area contributed by atoms with Crippen LogP contribution < -0.4 is 14.8 Å². The largest absolute Gasteiger partial charge is 0.497 e. The maximum absolute atomic E-state index is 12.8. The number of carbonyl (C=O) groups excluding carboxylic acids is 2. The molecule has 200 valence electrons. The Bertz CT molecular complexity index is 1690. The van der Waals surface area contributed by atoms with Gasteiger partial charge in [0.2, 0.25) is 0 Å². The molecule has 0 aliphatic carbocycles. The van der Waals surface area contributed by atoms with Crippen LogP contribution in [0, 0.1) is 6.92 Å². The molecular weight excluding hydrogens is 508 g/mol. The Balaban J connectivity index is 1.43. The van der Waals surface area contributed by atoms with E-state index in [1.807, 2.05) is 61.5 Å². The number of carbonyl (C=O) groups is 2. The minimum Gasteiger partial charge on any atom is -0.497 e. The molecule has 9 nitrogen and oxygen atoms in total. The smallest absolute Gasteiger partial charge is 0.338 e. The highest BCUT2D eigenvalue weighted by atomic mass is 16.5. The highest BCUT2D eigenvalue weighted by Gasteiger charge is 2.17. The van der Waals surface area contributed by atoms with Crippen molar-refractivity contribution in [2.45, 2.75) is 6.92 Å². The van der Waals surface area contributed by atoms with E-state index >= 15 is 0 Å². The molecule has 1 amide bonds. The van der Waals surface area contributed by atoms with Gasteiger partial charge in [-0.25, -0.2) is 19.7 Å². The third-order valence-electron chi connectivity index (χ3n) is 6.12. The van der Waals surface area contributed by atoms with Gasteiger partial charge in [0, 0.05) is 16.8 Å². The van der Waals surface area contributed by atoms with E-state index in [4.69, 9.17) is 24.2 Å². The molecule has 1 N–H and O–H groups in total. The van der Waals surface area contributed by atoms with Crippen molar-refractivity contribution in [2.24, 2.45) is 0 Å². The quantitative estimate of drug-likeness (QED) is 0.261. The van der Waals surface area contributed by atoms with Crippen LogP contribution in [0.1, 0.15) is 16.1 Å². The molecule has 9 heteroatoms. The van der Waals surface area contributed by atoms with Gasteiger partial charge in [-0.05, 0) is 85.8 Å². The number of anilines is 1. The van der Waals surface area contributed by atoms with Crippen LogP contribution in [0.5, 0.6) is 11.5 Å². The van der Waals surface area contributed by atoms with Crippen LogP contribution in [0.4, 0.5) is 5.82 Å². The Labute approximate surface area is 230 Å². The lowest BCUT2D eigenvalue weighted by molar-refractivity contribution is -0.119. The highest BCUT2D eigenvalue weighted by Crippen LogP contribution is 2.33. The maximum atomic E-state index is 12.8. The number of nitrogens with one attached hydrogen (secondary N) is 1. The van der Waals surface area contributed by atoms with Crippen molar-refractivity contribution in [3.63, 3.8) is 0 Å². The number of methoxy groups -OCH3 is 2. The van der Waals surface area contributed by atoms with Crippen LogP contribution in [0.3, 0.4) is 0 Å². The number of hydrogen-bond donors (Lipinski definition) is 1. The van der Waals surface area contributed by atoms with Crippen LogP contribution in [0.25, 0.3) is 33.5 Å². The maximum Gasteiger partial charge on any atom is 0.338 e. The van der Waals surface area contributed by atoms with E-state index in [0.29, 0.717) is 28.2 Å². The van der Waals surface area contributed by atoms with Gasteiger partial charge in [-0.3, -0.25) is 4.79 Å². The number of amides is 1. The van der Waals surface area contributed by atoms with Gasteiger partial charge in [-0.2, -0.15) is 0 Å². The number of esters is 1. The molecule has 5 rings (SSSR count). The van der Waals surface area contributed by atoms with E-state index in [0.717, 1.165) is 28.3 Å². The number of fused-ring (bicyclic) bond motifs is 1. The summed E-state index contributed by atoms with van der Waals surface area (Å²) in [7, 11) is 3.22. The monoisotopic (exact) mass is 534 g/mol. The van der Waals surface area contributed by atoms with Gasteiger partial charge in [0.05, 0.1) is 42.2 Å². The van der Waals surface area contributed by atoms with Crippen molar-refractivity contribution in [3.8, 4) is 34.0 Å². The fourth-order valence-electron chi connectivity index (χ4n) is 4.09. The molecule has 0 unspecified atom stereocenters. The summed E-state index contributed by atoms with van der Waals surface area (Å²) in [6.07, 6.45) is 0. The van der Waals surface area contributed by atoms with Crippen molar-refractivity contribution in [3.05, 3.63) is 96.2 Å². The van der Waals surface area contributed by atoms with Crippen LogP contribution in [-0.4, -0.2) is 47.7 Å². The van der Waals surface area contributed by atoms with Gasteiger partial charge in [-0.1, -0.05) is 6.07 Å². The Kier molecular flexibility index (Phi) is 7.63. The topological polar surface area (TPSA) is 113 Å². The third-order valence-corrected chi connectivity index (χ3v) is 6.12. The second-order valence-electron chi connectivity index (χ2n) is 8.87. The molecule has 0 aliphatic heterocycles. The molecule has 3 aromatic carbocycles. The third kappa shape index (κ3) is 5.88. The molecule has 5 aromatic rings. The predicted octanol–water partition coefficient (Wildman–Crippen LogP) is 5.48. The number of aromatic nitrogens is 3. The van der Waals surface area contributed by atoms with Crippen LogP contribution in [-0.2, 0) is 9.53 Å². The lowest BCUT2D eigenvalue weighted by Crippen LogP contribution is -2.21. The molecule has 0 aliphatic rings. The Morgan fingerprint density at radius 2 is 1.32 bits per heavy atom. The van der Waals surface area contributed by atoms with E-state index in [1.165, 1.54) is 0 Å². The van der Waals surface area contributed by atoms with Gasteiger partial charge in [0.1, 0.15) is 17.3 Å². The average Bonchev–Trinajstić information content (AvgIpc) is 2.99. The molecular formula is C31H26N4O5. The minimum absolute atomic E-state index is 0.251. The fourth-order valence-corrected chi connectivity index (χ4v) is 4.09. The zero-order valence-corrected chi connectivity index (χ0v) is 22.2. The van der Waals surface area contributed by atoms with Gasteiger partial charge in [0.15, 0.2) is 6.61 Å². The lowest BCUT2D eigenvalue weighted by atomic mass is 10.0. The van der Waals surface area contributed by atoms with Gasteiger partial charge in [0.25, 0.3) is 5.91 Å². The summed E-state index contributed by atoms with van der Waals surface area (Å²) in [6.45, 7) is 1.37. The number of pyridine rings is 1. The normalized spacial score (nSPS) is 10.7. The first kappa shape index (κ1) is 26.3. The Hall–Kier alpha value is -5.31. The van der Waals surface area contributed by atoms with Crippen molar-refractivity contribution in [2.75, 3.05) is 26.1 Å². The zero-order chi connectivity index (χ0) is 28.1. The van der Waals surface area contributed by atoms with Crippen LogP contribution in [0.2, 0.25) is 0 Å². The van der Waals surface area contributed by atoms with Gasteiger partial charge in [-0.15, -0.1) is 0 Å². The molecule has 40 heavy (non-hydrogen) atoms. The van der Waals surface area contributed by atoms with E-state index in [1.54, 1.807) is 44.6 Å². The first-order valence-corrected chi connectivity index (χ1v) is 12.4. The first-order valence-electron chi connectivity index (χ1n) is 12.4. The van der Waals surface area contributed by atoms with E-state index in [9.17, 15) is 9.59 Å². The number of benzene rings is 3. The van der Waals surface area contributed by atoms with E-state index in [2.05, 4.69) is 10.3 Å². The van der Waals surface area contributed by atoms with Gasteiger partial charge < -0.3 is 19.5 Å². The molecule has 2 aromatic heterocycles. The molecule has 0 radical (unpaired) electrons. The number of aryl methyl sites for hydroxylation is 1. The summed E-state index contributed by atoms with van der Waals surface area (Å²) in [4.78, 5) is 39.0. The van der Waals surface area contributed by atoms with Crippen LogP contribution >= 0.6 is 0 Å². The van der Waals surface area contributed by atoms with Crippen molar-refractivity contribution in [1.82, 2.24) is 15.0 Å². The molecule has 0 saturated heterocycles. The van der Waals surface area contributed by atoms with Crippen molar-refractivity contribution >= 4 is 28.7 Å². The van der Waals surface area contributed by atoms with Crippen molar-refractivity contribution < 1.29 is 23.8 Å². The molecule has 0 fully saturated rings. The summed E-state index contributed by atoms with van der Waals surface area (Å²) in [5, 5.41) is 2.62. The number of rotatable bonds is 8. The summed E-state index contributed by atoms with van der Waals surface area (Å²) in [5.74, 6) is 0.700. The first-order chi connectivity index (χ1) is 19.4. The molecule has 2 heterocycles. The second kappa shape index (κ2) is 11.6. The summed E-state index contributed by atoms with van der Waals surface area (Å²) < 4.78 is 15.8. The molecule has 0 bridgehead atoms. The highest BCUT2D eigenvalue weighted by molar-refractivity contribution is 5.97. The molecule has 0 atom stereocenters. The Morgan fingerprint density at radius 1 is 0.725 bits per heavy atom. The van der Waals surface area contributed by atoms with Crippen molar-refractivity contribution in [1.29, 1.82) is 0 Å². The number of nitrogens with zero attached hydrogens (tertiary/aromatic N) is 3. The zero-order valence-electron chi connectivity index (χ0n) is 22.2.